The van der Waals surface area contributed by atoms with Crippen molar-refractivity contribution in [1.29, 1.82) is 0 Å². The second kappa shape index (κ2) is 7.89. The molecular weight excluding hydrogens is 348 g/mol. The van der Waals surface area contributed by atoms with E-state index < -0.39 is 5.97 Å². The molecule has 3 rings (SSSR count). The second-order valence-corrected chi connectivity index (χ2v) is 6.10. The number of benzene rings is 3. The van der Waals surface area contributed by atoms with Crippen molar-refractivity contribution in [3.63, 3.8) is 0 Å². The highest BCUT2D eigenvalue weighted by atomic mass is 35.5. The first-order valence-corrected chi connectivity index (χ1v) is 8.40. The molecule has 0 aliphatic heterocycles. The van der Waals surface area contributed by atoms with Crippen molar-refractivity contribution in [1.82, 2.24) is 0 Å². The molecule has 0 amide bonds. The summed E-state index contributed by atoms with van der Waals surface area (Å²) in [7, 11) is 1.54. The van der Waals surface area contributed by atoms with Crippen LogP contribution < -0.4 is 4.74 Å². The van der Waals surface area contributed by atoms with Crippen molar-refractivity contribution in [3.05, 3.63) is 95.0 Å². The Hall–Kier alpha value is -3.04. The Kier molecular flexibility index (Phi) is 5.40. The molecule has 0 aliphatic carbocycles. The fourth-order valence-corrected chi connectivity index (χ4v) is 3.02. The lowest BCUT2D eigenvalue weighted by Crippen LogP contribution is -1.96. The number of hydrogen-bond acceptors (Lipinski definition) is 2. The van der Waals surface area contributed by atoms with Gasteiger partial charge >= 0.3 is 5.97 Å². The van der Waals surface area contributed by atoms with E-state index in [4.69, 9.17) is 16.3 Å². The monoisotopic (exact) mass is 364 g/mol. The van der Waals surface area contributed by atoms with Gasteiger partial charge in [0, 0.05) is 6.08 Å². The van der Waals surface area contributed by atoms with Gasteiger partial charge in [-0.2, -0.15) is 0 Å². The number of rotatable bonds is 5. The Morgan fingerprint density at radius 2 is 1.54 bits per heavy atom. The molecule has 0 radical (unpaired) electrons. The van der Waals surface area contributed by atoms with Gasteiger partial charge in [-0.25, -0.2) is 4.79 Å². The minimum Gasteiger partial charge on any atom is -0.495 e. The molecule has 3 nitrogen and oxygen atoms in total. The predicted octanol–water partition coefficient (Wildman–Crippen LogP) is 5.53. The second-order valence-electron chi connectivity index (χ2n) is 5.69. The molecule has 3 aromatic rings. The molecule has 0 saturated heterocycles. The average molecular weight is 365 g/mol. The van der Waals surface area contributed by atoms with Crippen LogP contribution in [0.3, 0.4) is 0 Å². The van der Waals surface area contributed by atoms with E-state index in [1.807, 2.05) is 54.6 Å². The Bertz CT molecular complexity index is 945. The molecule has 0 fully saturated rings. The fraction of sp³-hybridized carbons (Fsp3) is 0.0455. The highest BCUT2D eigenvalue weighted by molar-refractivity contribution is 6.32. The van der Waals surface area contributed by atoms with Crippen molar-refractivity contribution < 1.29 is 14.6 Å². The van der Waals surface area contributed by atoms with Crippen LogP contribution in [0.4, 0.5) is 0 Å². The van der Waals surface area contributed by atoms with Crippen molar-refractivity contribution in [2.45, 2.75) is 0 Å². The molecule has 0 bridgehead atoms. The van der Waals surface area contributed by atoms with Crippen LogP contribution >= 0.6 is 11.6 Å². The molecule has 26 heavy (non-hydrogen) atoms. The van der Waals surface area contributed by atoms with Crippen LogP contribution in [0.15, 0.2) is 78.9 Å². The summed E-state index contributed by atoms with van der Waals surface area (Å²) in [4.78, 5) is 11.3. The third kappa shape index (κ3) is 3.95. The summed E-state index contributed by atoms with van der Waals surface area (Å²) in [6, 6.07) is 23.0. The van der Waals surface area contributed by atoms with Crippen molar-refractivity contribution >= 4 is 23.1 Å². The van der Waals surface area contributed by atoms with Gasteiger partial charge in [0.15, 0.2) is 0 Å². The summed E-state index contributed by atoms with van der Waals surface area (Å²) in [5, 5.41) is 9.71. The quantitative estimate of drug-likeness (QED) is 0.605. The van der Waals surface area contributed by atoms with Gasteiger partial charge in [0.05, 0.1) is 12.1 Å². The summed E-state index contributed by atoms with van der Waals surface area (Å²) < 4.78 is 5.16. The van der Waals surface area contributed by atoms with E-state index >= 15 is 0 Å². The minimum atomic E-state index is -1.01. The lowest BCUT2D eigenvalue weighted by molar-refractivity contribution is -0.131. The van der Waals surface area contributed by atoms with E-state index in [1.165, 1.54) is 13.2 Å². The van der Waals surface area contributed by atoms with Gasteiger partial charge in [0.2, 0.25) is 0 Å². The molecule has 0 atom stereocenters. The molecule has 130 valence electrons. The summed E-state index contributed by atoms with van der Waals surface area (Å²) in [5.41, 5.74) is 4.27. The Morgan fingerprint density at radius 3 is 2.12 bits per heavy atom. The molecule has 0 heterocycles. The van der Waals surface area contributed by atoms with Crippen LogP contribution in [0.25, 0.3) is 16.7 Å². The number of ether oxygens (including phenoxy) is 1. The molecule has 0 unspecified atom stereocenters. The molecule has 4 heteroatoms. The predicted molar refractivity (Wildman–Crippen MR) is 105 cm³/mol. The molecule has 0 aliphatic rings. The molecule has 1 N–H and O–H groups in total. The Morgan fingerprint density at radius 1 is 0.923 bits per heavy atom. The van der Waals surface area contributed by atoms with Gasteiger partial charge in [-0.15, -0.1) is 0 Å². The van der Waals surface area contributed by atoms with E-state index in [2.05, 4.69) is 0 Å². The first-order chi connectivity index (χ1) is 12.6. The van der Waals surface area contributed by atoms with Gasteiger partial charge in [-0.3, -0.25) is 0 Å². The van der Waals surface area contributed by atoms with E-state index in [0.29, 0.717) is 21.9 Å². The highest BCUT2D eigenvalue weighted by Crippen LogP contribution is 2.32. The zero-order chi connectivity index (χ0) is 18.5. The standard InChI is InChI=1S/C22H17ClO3/c1-26-21-12-11-18(13-20(21)23)19(14-22(24)25)17-9-7-16(8-10-17)15-5-3-2-4-6-15/h2-14H,1H3,(H,24,25)/b19-14-. The number of carboxylic acids is 1. The van der Waals surface area contributed by atoms with Gasteiger partial charge in [-0.05, 0) is 40.0 Å². The van der Waals surface area contributed by atoms with E-state index in [1.54, 1.807) is 18.2 Å². The van der Waals surface area contributed by atoms with Gasteiger partial charge < -0.3 is 9.84 Å². The fourth-order valence-electron chi connectivity index (χ4n) is 2.76. The maximum Gasteiger partial charge on any atom is 0.328 e. The largest absolute Gasteiger partial charge is 0.495 e. The number of halogens is 1. The van der Waals surface area contributed by atoms with Crippen molar-refractivity contribution in [3.8, 4) is 16.9 Å². The van der Waals surface area contributed by atoms with Crippen LogP contribution in [0, 0.1) is 0 Å². The molecular formula is C22H17ClO3. The third-order valence-corrected chi connectivity index (χ3v) is 4.33. The van der Waals surface area contributed by atoms with Crippen LogP contribution in [0.5, 0.6) is 5.75 Å². The topological polar surface area (TPSA) is 46.5 Å². The number of methoxy groups -OCH3 is 1. The van der Waals surface area contributed by atoms with Crippen molar-refractivity contribution in [2.24, 2.45) is 0 Å². The number of hydrogen-bond donors (Lipinski definition) is 1. The molecule has 3 aromatic carbocycles. The maximum absolute atomic E-state index is 11.3. The SMILES string of the molecule is COc1ccc(/C(=C\C(=O)O)c2ccc(-c3ccccc3)cc2)cc1Cl. The smallest absolute Gasteiger partial charge is 0.328 e. The minimum absolute atomic E-state index is 0.433. The maximum atomic E-state index is 11.3. The van der Waals surface area contributed by atoms with E-state index in [-0.39, 0.29) is 0 Å². The van der Waals surface area contributed by atoms with Gasteiger partial charge in [-0.1, -0.05) is 72.3 Å². The summed E-state index contributed by atoms with van der Waals surface area (Å²) >= 11 is 6.20. The lowest BCUT2D eigenvalue weighted by atomic mass is 9.95. The summed E-state index contributed by atoms with van der Waals surface area (Å²) in [5.74, 6) is -0.469. The Labute approximate surface area is 157 Å². The van der Waals surface area contributed by atoms with E-state index in [9.17, 15) is 9.90 Å². The number of carbonyl (C=O) groups is 1. The summed E-state index contributed by atoms with van der Waals surface area (Å²) in [6.07, 6.45) is 1.19. The van der Waals surface area contributed by atoms with Crippen LogP contribution in [-0.2, 0) is 4.79 Å². The van der Waals surface area contributed by atoms with Gasteiger partial charge in [0.25, 0.3) is 0 Å². The van der Waals surface area contributed by atoms with Crippen molar-refractivity contribution in [2.75, 3.05) is 7.11 Å². The number of carboxylic acid groups (broad SMARTS) is 1. The molecule has 0 spiro atoms. The van der Waals surface area contributed by atoms with Crippen LogP contribution in [0.2, 0.25) is 5.02 Å². The highest BCUT2D eigenvalue weighted by Gasteiger charge is 2.11. The van der Waals surface area contributed by atoms with Crippen LogP contribution in [-0.4, -0.2) is 18.2 Å². The number of aliphatic carboxylic acids is 1. The molecule has 0 saturated carbocycles. The Balaban J connectivity index is 2.01. The zero-order valence-corrected chi connectivity index (χ0v) is 14.9. The average Bonchev–Trinajstić information content (AvgIpc) is 2.67. The van der Waals surface area contributed by atoms with Crippen LogP contribution in [0.1, 0.15) is 11.1 Å². The zero-order valence-electron chi connectivity index (χ0n) is 14.1. The first kappa shape index (κ1) is 17.8. The lowest BCUT2D eigenvalue weighted by Gasteiger charge is -2.11. The van der Waals surface area contributed by atoms with E-state index in [0.717, 1.165) is 16.7 Å². The third-order valence-electron chi connectivity index (χ3n) is 4.03. The normalized spacial score (nSPS) is 11.2. The summed E-state index contributed by atoms with van der Waals surface area (Å²) in [6.45, 7) is 0. The van der Waals surface area contributed by atoms with Gasteiger partial charge in [0.1, 0.15) is 5.75 Å². The first-order valence-electron chi connectivity index (χ1n) is 8.03. The molecule has 0 aromatic heterocycles.